The largest absolute Gasteiger partial charge is 0.416 e. The fourth-order valence-electron chi connectivity index (χ4n) is 5.18. The van der Waals surface area contributed by atoms with E-state index in [0.717, 1.165) is 29.8 Å². The number of benzene rings is 2. The zero-order chi connectivity index (χ0) is 30.5. The molecule has 2 aliphatic heterocycles. The smallest absolute Gasteiger partial charge is 0.379 e. The van der Waals surface area contributed by atoms with Gasteiger partial charge >= 0.3 is 12.4 Å². The summed E-state index contributed by atoms with van der Waals surface area (Å²) in [6.45, 7) is 9.17. The van der Waals surface area contributed by atoms with Gasteiger partial charge in [-0.2, -0.15) is 26.3 Å². The number of aryl methyl sites for hydroxylation is 2. The van der Waals surface area contributed by atoms with Gasteiger partial charge in [0.2, 0.25) is 0 Å². The minimum atomic E-state index is -5.03. The van der Waals surface area contributed by atoms with Crippen molar-refractivity contribution < 1.29 is 35.9 Å². The van der Waals surface area contributed by atoms with Crippen LogP contribution in [-0.2, 0) is 23.5 Å². The molecule has 2 saturated heterocycles. The molecule has 0 spiro atoms. The number of nitrogens with zero attached hydrogens (tertiary/aromatic N) is 3. The first-order chi connectivity index (χ1) is 19.8. The van der Waals surface area contributed by atoms with Crippen LogP contribution in [0.15, 0.2) is 48.6 Å². The lowest BCUT2D eigenvalue weighted by molar-refractivity contribution is -0.143. The highest BCUT2D eigenvalue weighted by Crippen LogP contribution is 2.37. The molecule has 230 valence electrons. The van der Waals surface area contributed by atoms with Crippen LogP contribution < -0.4 is 5.43 Å². The summed E-state index contributed by atoms with van der Waals surface area (Å²) < 4.78 is 86.3. The molecule has 2 aromatic carbocycles. The highest BCUT2D eigenvalue weighted by molar-refractivity contribution is 5.95. The normalized spacial score (nSPS) is 19.5. The molecule has 0 bridgehead atoms. The van der Waals surface area contributed by atoms with Gasteiger partial charge in [0, 0.05) is 57.4 Å². The van der Waals surface area contributed by atoms with Crippen LogP contribution in [0.5, 0.6) is 0 Å². The average Bonchev–Trinajstić information content (AvgIpc) is 2.94. The Hall–Kier alpha value is -2.93. The third-order valence-electron chi connectivity index (χ3n) is 7.68. The topological polar surface area (TPSA) is 48.0 Å². The number of halogens is 6. The molecule has 1 atom stereocenters. The van der Waals surface area contributed by atoms with Gasteiger partial charge < -0.3 is 9.64 Å². The van der Waals surface area contributed by atoms with Gasteiger partial charge in [0.15, 0.2) is 0 Å². The van der Waals surface area contributed by atoms with Crippen molar-refractivity contribution in [3.05, 3.63) is 81.9 Å². The first-order valence-electron chi connectivity index (χ1n) is 13.9. The monoisotopic (exact) mass is 598 g/mol. The second-order valence-corrected chi connectivity index (χ2v) is 10.8. The summed E-state index contributed by atoms with van der Waals surface area (Å²) in [6, 6.07) is 6.53. The summed E-state index contributed by atoms with van der Waals surface area (Å²) in [6.07, 6.45) is -5.63. The van der Waals surface area contributed by atoms with E-state index in [0.29, 0.717) is 57.9 Å². The third kappa shape index (κ3) is 8.56. The molecule has 6 nitrogen and oxygen atoms in total. The van der Waals surface area contributed by atoms with Crippen LogP contribution in [0.1, 0.15) is 38.2 Å². The van der Waals surface area contributed by atoms with Gasteiger partial charge in [-0.3, -0.25) is 15.1 Å². The second kappa shape index (κ2) is 13.6. The maximum atomic E-state index is 13.6. The Labute approximate surface area is 241 Å². The van der Waals surface area contributed by atoms with E-state index in [2.05, 4.69) is 15.3 Å². The van der Waals surface area contributed by atoms with Crippen molar-refractivity contribution in [1.29, 1.82) is 0 Å². The van der Waals surface area contributed by atoms with Gasteiger partial charge in [-0.15, -0.1) is 0 Å². The van der Waals surface area contributed by atoms with E-state index in [1.807, 2.05) is 44.2 Å². The Morgan fingerprint density at radius 2 is 1.57 bits per heavy atom. The molecule has 42 heavy (non-hydrogen) atoms. The number of carbonyl (C=O) groups is 1. The number of amides is 1. The summed E-state index contributed by atoms with van der Waals surface area (Å²) in [7, 11) is 0. The lowest BCUT2D eigenvalue weighted by Gasteiger charge is -2.41. The van der Waals surface area contributed by atoms with Crippen molar-refractivity contribution in [3.8, 4) is 0 Å². The molecule has 0 unspecified atom stereocenters. The molecule has 2 heterocycles. The number of rotatable bonds is 8. The average molecular weight is 599 g/mol. The molecule has 1 N–H and O–H groups in total. The fraction of sp³-hybridized carbons (Fsp3) is 0.500. The Morgan fingerprint density at radius 1 is 0.905 bits per heavy atom. The summed E-state index contributed by atoms with van der Waals surface area (Å²) in [5.74, 6) is -0.842. The summed E-state index contributed by atoms with van der Waals surface area (Å²) >= 11 is 0. The minimum Gasteiger partial charge on any atom is -0.379 e. The van der Waals surface area contributed by atoms with E-state index in [1.165, 1.54) is 4.90 Å². The molecule has 2 aromatic rings. The van der Waals surface area contributed by atoms with E-state index in [-0.39, 0.29) is 12.6 Å². The number of piperazine rings is 1. The predicted molar refractivity (Wildman–Crippen MR) is 147 cm³/mol. The fourth-order valence-corrected chi connectivity index (χ4v) is 5.18. The van der Waals surface area contributed by atoms with Crippen molar-refractivity contribution in [1.82, 2.24) is 20.2 Å². The van der Waals surface area contributed by atoms with Crippen molar-refractivity contribution in [2.75, 3.05) is 59.0 Å². The standard InChI is InChI=1S/C30H36F6N4O2/c1-21-5-6-23(15-22(21)2)16-27-20-38(8-4-3-7-37-39-11-13-42-14-12-39)9-10-40(27)28(41)24-17-25(29(31,32)33)19-26(18-24)30(34,35)36/h3-6,15,17-19,27,37H,7-14,16,20H2,1-2H3/b4-3+/t27-/m1/s1. The molecule has 2 aliphatic rings. The number of carbonyl (C=O) groups excluding carboxylic acids is 1. The Morgan fingerprint density at radius 3 is 2.19 bits per heavy atom. The van der Waals surface area contributed by atoms with Crippen molar-refractivity contribution >= 4 is 5.91 Å². The third-order valence-corrected chi connectivity index (χ3v) is 7.68. The lowest BCUT2D eigenvalue weighted by Crippen LogP contribution is -2.56. The number of ether oxygens (including phenoxy) is 1. The summed E-state index contributed by atoms with van der Waals surface area (Å²) in [5.41, 5.74) is 2.79. The molecule has 0 radical (unpaired) electrons. The van der Waals surface area contributed by atoms with Crippen LogP contribution in [-0.4, -0.2) is 85.8 Å². The van der Waals surface area contributed by atoms with Crippen LogP contribution >= 0.6 is 0 Å². The Balaban J connectivity index is 1.52. The van der Waals surface area contributed by atoms with E-state index in [4.69, 9.17) is 4.74 Å². The van der Waals surface area contributed by atoms with E-state index in [9.17, 15) is 31.1 Å². The van der Waals surface area contributed by atoms with E-state index < -0.39 is 41.0 Å². The van der Waals surface area contributed by atoms with Crippen molar-refractivity contribution in [2.45, 2.75) is 38.7 Å². The van der Waals surface area contributed by atoms with E-state index >= 15 is 0 Å². The summed E-state index contributed by atoms with van der Waals surface area (Å²) in [5, 5.41) is 2.09. The number of hydrogen-bond acceptors (Lipinski definition) is 5. The van der Waals surface area contributed by atoms with Crippen LogP contribution in [0.4, 0.5) is 26.3 Å². The zero-order valence-electron chi connectivity index (χ0n) is 23.7. The van der Waals surface area contributed by atoms with Crippen LogP contribution in [0, 0.1) is 13.8 Å². The maximum Gasteiger partial charge on any atom is 0.416 e. The molecule has 0 aromatic heterocycles. The Kier molecular flexibility index (Phi) is 10.3. The molecule has 4 rings (SSSR count). The van der Waals surface area contributed by atoms with Crippen molar-refractivity contribution in [2.24, 2.45) is 0 Å². The van der Waals surface area contributed by atoms with Crippen LogP contribution in [0.25, 0.3) is 0 Å². The first-order valence-corrected chi connectivity index (χ1v) is 13.9. The van der Waals surface area contributed by atoms with Gasteiger partial charge in [0.05, 0.1) is 24.3 Å². The highest BCUT2D eigenvalue weighted by atomic mass is 19.4. The number of nitrogens with one attached hydrogen (secondary N) is 1. The first kappa shape index (κ1) is 32.0. The van der Waals surface area contributed by atoms with Gasteiger partial charge in [0.25, 0.3) is 5.91 Å². The van der Waals surface area contributed by atoms with Gasteiger partial charge in [0.1, 0.15) is 0 Å². The number of morpholine rings is 1. The minimum absolute atomic E-state index is 0.0432. The van der Waals surface area contributed by atoms with Crippen molar-refractivity contribution in [3.63, 3.8) is 0 Å². The van der Waals surface area contributed by atoms with Crippen LogP contribution in [0.2, 0.25) is 0 Å². The highest BCUT2D eigenvalue weighted by Gasteiger charge is 2.39. The quantitative estimate of drug-likeness (QED) is 0.339. The molecule has 1 amide bonds. The maximum absolute atomic E-state index is 13.6. The van der Waals surface area contributed by atoms with Gasteiger partial charge in [-0.1, -0.05) is 30.4 Å². The summed E-state index contributed by atoms with van der Waals surface area (Å²) in [4.78, 5) is 17.1. The van der Waals surface area contributed by atoms with Gasteiger partial charge in [-0.05, 0) is 55.2 Å². The predicted octanol–water partition coefficient (Wildman–Crippen LogP) is 5.10. The zero-order valence-corrected chi connectivity index (χ0v) is 23.7. The van der Waals surface area contributed by atoms with E-state index in [1.54, 1.807) is 0 Å². The molecule has 0 saturated carbocycles. The van der Waals surface area contributed by atoms with Gasteiger partial charge in [-0.25, -0.2) is 5.01 Å². The molecule has 2 fully saturated rings. The number of hydrazine groups is 1. The molecular weight excluding hydrogens is 562 g/mol. The SMILES string of the molecule is Cc1ccc(C[C@@H]2CN(C/C=C/CNN3CCOCC3)CCN2C(=O)c2cc(C(F)(F)F)cc(C(F)(F)F)c2)cc1C. The Bertz CT molecular complexity index is 1230. The lowest BCUT2D eigenvalue weighted by atomic mass is 9.97. The molecular formula is C30H36F6N4O2. The van der Waals surface area contributed by atoms with Crippen LogP contribution in [0.3, 0.4) is 0 Å². The number of hydrogen-bond donors (Lipinski definition) is 1. The second-order valence-electron chi connectivity index (χ2n) is 10.8. The molecule has 0 aliphatic carbocycles. The molecule has 12 heteroatoms. The number of alkyl halides is 6.